The molecule has 0 N–H and O–H groups in total. The summed E-state index contributed by atoms with van der Waals surface area (Å²) in [4.78, 5) is 20.4. The first-order chi connectivity index (χ1) is 12.7. The number of rotatable bonds is 5. The molecule has 1 saturated heterocycles. The van der Waals surface area contributed by atoms with E-state index in [4.69, 9.17) is 33.2 Å². The average molecular weight is 406 g/mol. The van der Waals surface area contributed by atoms with Gasteiger partial charge in [-0.1, -0.05) is 23.2 Å². The maximum atomic E-state index is 6.16. The van der Waals surface area contributed by atoms with Crippen molar-refractivity contribution < 1.29 is 0 Å². The Bertz CT molecular complexity index is 916. The van der Waals surface area contributed by atoms with E-state index in [1.807, 2.05) is 0 Å². The summed E-state index contributed by atoms with van der Waals surface area (Å²) in [6.45, 7) is 2.03. The Balaban J connectivity index is 1.63. The highest BCUT2D eigenvalue weighted by Crippen LogP contribution is 2.34. The van der Waals surface area contributed by atoms with E-state index in [2.05, 4.69) is 14.9 Å². The third-order valence-corrected chi connectivity index (χ3v) is 5.95. The quantitative estimate of drug-likeness (QED) is 0.575. The molecule has 3 aromatic rings. The third kappa shape index (κ3) is 3.87. The van der Waals surface area contributed by atoms with Crippen LogP contribution in [0.5, 0.6) is 0 Å². The molecule has 0 amide bonds. The molecule has 0 unspecified atom stereocenters. The minimum Gasteiger partial charge on any atom is -0.354 e. The zero-order chi connectivity index (χ0) is 17.9. The number of halogens is 2. The highest BCUT2D eigenvalue weighted by Gasteiger charge is 2.20. The molecular weight excluding hydrogens is 389 g/mol. The molecule has 1 aromatic carbocycles. The SMILES string of the molecule is Clc1cc2nc(SCCc3cnccn3)c(N3CCCC3)nc2cc1Cl. The standard InChI is InChI=1S/C18H17Cl2N5S/c19-13-9-15-16(10-14(13)20)24-18(17(23-15)25-6-1-2-7-25)26-8-3-12-11-21-4-5-22-12/h4-5,9-11H,1-3,6-8H2. The van der Waals surface area contributed by atoms with Crippen molar-refractivity contribution in [2.45, 2.75) is 24.3 Å². The maximum Gasteiger partial charge on any atom is 0.161 e. The Kier molecular flexibility index (Phi) is 5.43. The van der Waals surface area contributed by atoms with Gasteiger partial charge in [-0.05, 0) is 25.0 Å². The predicted molar refractivity (Wildman–Crippen MR) is 107 cm³/mol. The molecule has 0 spiro atoms. The number of benzene rings is 1. The molecule has 8 heteroatoms. The monoisotopic (exact) mass is 405 g/mol. The van der Waals surface area contributed by atoms with Gasteiger partial charge in [0.15, 0.2) is 5.82 Å². The summed E-state index contributed by atoms with van der Waals surface area (Å²) >= 11 is 14.0. The van der Waals surface area contributed by atoms with Crippen LogP contribution in [0.15, 0.2) is 35.7 Å². The zero-order valence-corrected chi connectivity index (χ0v) is 16.4. The van der Waals surface area contributed by atoms with Gasteiger partial charge in [-0.2, -0.15) is 0 Å². The van der Waals surface area contributed by atoms with Gasteiger partial charge in [-0.25, -0.2) is 9.97 Å². The van der Waals surface area contributed by atoms with Crippen LogP contribution in [0.1, 0.15) is 18.5 Å². The zero-order valence-electron chi connectivity index (χ0n) is 14.0. The Hall–Kier alpha value is -1.63. The lowest BCUT2D eigenvalue weighted by Crippen LogP contribution is -2.20. The summed E-state index contributed by atoms with van der Waals surface area (Å²) in [6, 6.07) is 3.58. The van der Waals surface area contributed by atoms with Gasteiger partial charge >= 0.3 is 0 Å². The van der Waals surface area contributed by atoms with Gasteiger partial charge in [0.05, 0.1) is 26.8 Å². The van der Waals surface area contributed by atoms with Gasteiger partial charge in [-0.15, -0.1) is 11.8 Å². The van der Waals surface area contributed by atoms with E-state index < -0.39 is 0 Å². The Morgan fingerprint density at radius 2 is 1.73 bits per heavy atom. The largest absolute Gasteiger partial charge is 0.354 e. The van der Waals surface area contributed by atoms with Crippen molar-refractivity contribution in [1.29, 1.82) is 0 Å². The van der Waals surface area contributed by atoms with E-state index in [1.165, 1.54) is 12.8 Å². The first-order valence-corrected chi connectivity index (χ1v) is 10.2. The van der Waals surface area contributed by atoms with Crippen LogP contribution in [0.25, 0.3) is 11.0 Å². The molecule has 0 radical (unpaired) electrons. The van der Waals surface area contributed by atoms with E-state index in [1.54, 1.807) is 42.5 Å². The molecule has 0 saturated carbocycles. The van der Waals surface area contributed by atoms with Crippen molar-refractivity contribution in [3.05, 3.63) is 46.5 Å². The van der Waals surface area contributed by atoms with Crippen molar-refractivity contribution >= 4 is 51.8 Å². The number of aromatic nitrogens is 4. The lowest BCUT2D eigenvalue weighted by atomic mass is 10.3. The molecule has 5 nitrogen and oxygen atoms in total. The lowest BCUT2D eigenvalue weighted by molar-refractivity contribution is 0.901. The second-order valence-corrected chi connectivity index (χ2v) is 7.99. The van der Waals surface area contributed by atoms with Gasteiger partial charge in [0, 0.05) is 43.9 Å². The first kappa shape index (κ1) is 17.8. The number of hydrogen-bond acceptors (Lipinski definition) is 6. The summed E-state index contributed by atoms with van der Waals surface area (Å²) in [5.41, 5.74) is 2.52. The Morgan fingerprint density at radius 3 is 2.42 bits per heavy atom. The minimum atomic E-state index is 0.498. The van der Waals surface area contributed by atoms with Crippen molar-refractivity contribution in [2.75, 3.05) is 23.7 Å². The normalized spacial score (nSPS) is 14.3. The second kappa shape index (κ2) is 7.94. The molecule has 3 heterocycles. The molecule has 26 heavy (non-hydrogen) atoms. The van der Waals surface area contributed by atoms with Crippen LogP contribution in [-0.4, -0.2) is 38.8 Å². The van der Waals surface area contributed by atoms with Gasteiger partial charge < -0.3 is 4.90 Å². The highest BCUT2D eigenvalue weighted by molar-refractivity contribution is 7.99. The summed E-state index contributed by atoms with van der Waals surface area (Å²) in [7, 11) is 0. The molecule has 4 rings (SSSR count). The summed E-state index contributed by atoms with van der Waals surface area (Å²) in [6.07, 6.45) is 8.41. The predicted octanol–water partition coefficient (Wildman–Crippen LogP) is 4.66. The van der Waals surface area contributed by atoms with Crippen molar-refractivity contribution in [3.8, 4) is 0 Å². The van der Waals surface area contributed by atoms with E-state index in [0.717, 1.165) is 52.8 Å². The molecule has 2 aromatic heterocycles. The molecule has 0 atom stereocenters. The van der Waals surface area contributed by atoms with E-state index >= 15 is 0 Å². The highest BCUT2D eigenvalue weighted by atomic mass is 35.5. The van der Waals surface area contributed by atoms with Crippen molar-refractivity contribution in [1.82, 2.24) is 19.9 Å². The number of thioether (sulfide) groups is 1. The minimum absolute atomic E-state index is 0.498. The number of aryl methyl sites for hydroxylation is 1. The molecule has 1 fully saturated rings. The van der Waals surface area contributed by atoms with Gasteiger partial charge in [0.2, 0.25) is 0 Å². The maximum absolute atomic E-state index is 6.16. The van der Waals surface area contributed by atoms with Crippen LogP contribution < -0.4 is 4.90 Å². The van der Waals surface area contributed by atoms with Crippen LogP contribution in [-0.2, 0) is 6.42 Å². The molecule has 1 aliphatic heterocycles. The third-order valence-electron chi connectivity index (χ3n) is 4.28. The van der Waals surface area contributed by atoms with Gasteiger partial charge in [0.1, 0.15) is 5.03 Å². The van der Waals surface area contributed by atoms with Crippen LogP contribution in [0.2, 0.25) is 10.0 Å². The number of fused-ring (bicyclic) bond motifs is 1. The number of nitrogens with zero attached hydrogens (tertiary/aromatic N) is 5. The van der Waals surface area contributed by atoms with Crippen molar-refractivity contribution in [3.63, 3.8) is 0 Å². The molecule has 0 aliphatic carbocycles. The first-order valence-electron chi connectivity index (χ1n) is 8.50. The van der Waals surface area contributed by atoms with Crippen molar-refractivity contribution in [2.24, 2.45) is 0 Å². The van der Waals surface area contributed by atoms with Gasteiger partial charge in [0.25, 0.3) is 0 Å². The van der Waals surface area contributed by atoms with E-state index in [-0.39, 0.29) is 0 Å². The summed E-state index contributed by atoms with van der Waals surface area (Å²) in [5, 5.41) is 1.93. The lowest BCUT2D eigenvalue weighted by Gasteiger charge is -2.19. The second-order valence-electron chi connectivity index (χ2n) is 6.10. The van der Waals surface area contributed by atoms with E-state index in [0.29, 0.717) is 10.0 Å². The number of anilines is 1. The molecule has 1 aliphatic rings. The summed E-state index contributed by atoms with van der Waals surface area (Å²) < 4.78 is 0. The fourth-order valence-electron chi connectivity index (χ4n) is 2.97. The van der Waals surface area contributed by atoms with Crippen LogP contribution in [0.3, 0.4) is 0 Å². The molecule has 134 valence electrons. The summed E-state index contributed by atoms with van der Waals surface area (Å²) in [5.74, 6) is 1.80. The van der Waals surface area contributed by atoms with Crippen LogP contribution >= 0.6 is 35.0 Å². The smallest absolute Gasteiger partial charge is 0.161 e. The Morgan fingerprint density at radius 1 is 1.00 bits per heavy atom. The Labute approximate surface area is 166 Å². The fraction of sp³-hybridized carbons (Fsp3) is 0.333. The van der Waals surface area contributed by atoms with E-state index in [9.17, 15) is 0 Å². The topological polar surface area (TPSA) is 54.8 Å². The van der Waals surface area contributed by atoms with Crippen LogP contribution in [0, 0.1) is 0 Å². The fourth-order valence-corrected chi connectivity index (χ4v) is 4.26. The number of hydrogen-bond donors (Lipinski definition) is 0. The molecule has 0 bridgehead atoms. The molecular formula is C18H17Cl2N5S. The van der Waals surface area contributed by atoms with Gasteiger partial charge in [-0.3, -0.25) is 9.97 Å². The average Bonchev–Trinajstić information content (AvgIpc) is 3.18. The van der Waals surface area contributed by atoms with Crippen LogP contribution in [0.4, 0.5) is 5.82 Å².